The minimum absolute atomic E-state index is 0.135. The third kappa shape index (κ3) is 7.77. The van der Waals surface area contributed by atoms with Crippen molar-refractivity contribution in [3.63, 3.8) is 0 Å². The van der Waals surface area contributed by atoms with E-state index in [2.05, 4.69) is 38.3 Å². The van der Waals surface area contributed by atoms with Gasteiger partial charge in [0.25, 0.3) is 11.8 Å². The van der Waals surface area contributed by atoms with Crippen LogP contribution in [0, 0.1) is 13.8 Å². The summed E-state index contributed by atoms with van der Waals surface area (Å²) >= 11 is 1.63. The highest BCUT2D eigenvalue weighted by Gasteiger charge is 2.30. The molecule has 1 saturated carbocycles. The van der Waals surface area contributed by atoms with E-state index in [0.717, 1.165) is 56.3 Å². The number of urea groups is 1. The van der Waals surface area contributed by atoms with E-state index in [1.807, 2.05) is 23.3 Å². The molecule has 3 heterocycles. The maximum Gasteiger partial charge on any atom is 0.341 e. The Bertz CT molecular complexity index is 1120. The predicted molar refractivity (Wildman–Crippen MR) is 151 cm³/mol. The van der Waals surface area contributed by atoms with E-state index in [1.54, 1.807) is 24.3 Å². The van der Waals surface area contributed by atoms with Crippen molar-refractivity contribution in [3.05, 3.63) is 51.0 Å². The number of hydrogen-bond acceptors (Lipinski definition) is 7. The highest BCUT2D eigenvalue weighted by Crippen LogP contribution is 2.23. The summed E-state index contributed by atoms with van der Waals surface area (Å²) < 4.78 is 0. The molecule has 0 radical (unpaired) electrons. The van der Waals surface area contributed by atoms with E-state index in [-0.39, 0.29) is 36.0 Å². The van der Waals surface area contributed by atoms with Gasteiger partial charge in [0.1, 0.15) is 5.69 Å². The molecule has 1 atom stereocenters. The largest absolute Gasteiger partial charge is 0.352 e. The summed E-state index contributed by atoms with van der Waals surface area (Å²) in [5, 5.41) is 10.1. The van der Waals surface area contributed by atoms with Crippen LogP contribution in [0.15, 0.2) is 22.9 Å². The van der Waals surface area contributed by atoms with Crippen molar-refractivity contribution in [1.29, 1.82) is 0 Å². The number of hydrogen-bond donors (Lipinski definition) is 3. The Labute approximate surface area is 234 Å². The topological polar surface area (TPSA) is 116 Å². The molecule has 212 valence electrons. The van der Waals surface area contributed by atoms with Crippen molar-refractivity contribution < 1.29 is 19.2 Å². The summed E-state index contributed by atoms with van der Waals surface area (Å²) in [4.78, 5) is 51.6. The molecule has 1 saturated heterocycles. The van der Waals surface area contributed by atoms with Gasteiger partial charge in [0, 0.05) is 44.3 Å². The fourth-order valence-corrected chi connectivity index (χ4v) is 5.83. The molecule has 3 N–H and O–H groups in total. The average Bonchev–Trinajstić information content (AvgIpc) is 3.57. The zero-order chi connectivity index (χ0) is 27.9. The summed E-state index contributed by atoms with van der Waals surface area (Å²) in [6.45, 7) is 8.67. The van der Waals surface area contributed by atoms with Crippen LogP contribution in [-0.2, 0) is 11.4 Å². The summed E-state index contributed by atoms with van der Waals surface area (Å²) in [6, 6.07) is 4.21. The van der Waals surface area contributed by atoms with E-state index in [1.165, 1.54) is 7.11 Å². The predicted octanol–water partition coefficient (Wildman–Crippen LogP) is 3.40. The maximum atomic E-state index is 13.0. The van der Waals surface area contributed by atoms with Crippen molar-refractivity contribution in [2.24, 2.45) is 0 Å². The first-order valence-electron chi connectivity index (χ1n) is 13.7. The first-order valence-corrected chi connectivity index (χ1v) is 14.6. The molecule has 0 unspecified atom stereocenters. The van der Waals surface area contributed by atoms with E-state index in [4.69, 9.17) is 4.84 Å². The third-order valence-corrected chi connectivity index (χ3v) is 8.30. The Balaban J connectivity index is 1.25. The van der Waals surface area contributed by atoms with Gasteiger partial charge in [-0.3, -0.25) is 14.4 Å². The van der Waals surface area contributed by atoms with Gasteiger partial charge in [-0.05, 0) is 86.9 Å². The molecular weight excluding hydrogens is 516 g/mol. The van der Waals surface area contributed by atoms with Crippen LogP contribution >= 0.6 is 11.3 Å². The molecule has 10 nitrogen and oxygen atoms in total. The maximum absolute atomic E-state index is 13.0. The monoisotopic (exact) mass is 556 g/mol. The van der Waals surface area contributed by atoms with E-state index < -0.39 is 0 Å². The second-order valence-corrected chi connectivity index (χ2v) is 11.3. The van der Waals surface area contributed by atoms with Gasteiger partial charge in [-0.25, -0.2) is 15.3 Å². The molecule has 4 rings (SSSR count). The molecule has 1 aliphatic heterocycles. The summed E-state index contributed by atoms with van der Waals surface area (Å²) in [7, 11) is 1.45. The van der Waals surface area contributed by atoms with E-state index >= 15 is 0 Å². The van der Waals surface area contributed by atoms with Crippen LogP contribution in [0.5, 0.6) is 0 Å². The number of carbonyl (C=O) groups excluding carboxylic acids is 3. The molecule has 2 aromatic rings. The van der Waals surface area contributed by atoms with Gasteiger partial charge in [0.15, 0.2) is 0 Å². The van der Waals surface area contributed by atoms with Crippen LogP contribution in [0.1, 0.15) is 76.7 Å². The quantitative estimate of drug-likeness (QED) is 0.366. The van der Waals surface area contributed by atoms with Crippen LogP contribution in [0.3, 0.4) is 0 Å². The fourth-order valence-electron chi connectivity index (χ4n) is 5.17. The van der Waals surface area contributed by atoms with Crippen LogP contribution in [0.4, 0.5) is 4.79 Å². The first kappa shape index (κ1) is 29.0. The summed E-state index contributed by atoms with van der Waals surface area (Å²) in [5.74, 6) is -0.340. The van der Waals surface area contributed by atoms with Crippen molar-refractivity contribution in [2.45, 2.75) is 77.5 Å². The molecule has 0 spiro atoms. The lowest BCUT2D eigenvalue weighted by Gasteiger charge is -2.40. The Kier molecular flexibility index (Phi) is 9.93. The van der Waals surface area contributed by atoms with E-state index in [0.29, 0.717) is 30.0 Å². The van der Waals surface area contributed by atoms with Crippen molar-refractivity contribution >= 4 is 29.2 Å². The number of aromatic nitrogens is 1. The van der Waals surface area contributed by atoms with Crippen LogP contribution in [0.2, 0.25) is 0 Å². The number of aryl methyl sites for hydroxylation is 2. The van der Waals surface area contributed by atoms with Crippen LogP contribution in [-0.4, -0.2) is 77.5 Å². The van der Waals surface area contributed by atoms with Crippen molar-refractivity contribution in [1.82, 2.24) is 30.9 Å². The van der Waals surface area contributed by atoms with Crippen LogP contribution < -0.4 is 16.1 Å². The minimum Gasteiger partial charge on any atom is -0.352 e. The SMILES string of the molecule is CONC(=O)N(Cc1ccsc1)C1CCN([C@H](C)CCNC(=O)c2c(C)cc(C(=O)NC3CC3)nc2C)CC1. The lowest BCUT2D eigenvalue weighted by atomic mass is 10.0. The number of carbonyl (C=O) groups is 3. The molecule has 1 aliphatic carbocycles. The van der Waals surface area contributed by atoms with Crippen molar-refractivity contribution in [3.8, 4) is 0 Å². The summed E-state index contributed by atoms with van der Waals surface area (Å²) in [6.07, 6.45) is 4.60. The van der Waals surface area contributed by atoms with Gasteiger partial charge < -0.3 is 20.4 Å². The zero-order valence-corrected chi connectivity index (χ0v) is 24.1. The number of hydroxylamine groups is 1. The minimum atomic E-state index is -0.213. The van der Waals surface area contributed by atoms with Gasteiger partial charge in [-0.2, -0.15) is 11.3 Å². The molecule has 11 heteroatoms. The molecule has 4 amide bonds. The number of nitrogens with one attached hydrogen (secondary N) is 3. The zero-order valence-electron chi connectivity index (χ0n) is 23.3. The van der Waals surface area contributed by atoms with Gasteiger partial charge in [-0.1, -0.05) is 0 Å². The number of piperidine rings is 1. The van der Waals surface area contributed by atoms with Crippen LogP contribution in [0.25, 0.3) is 0 Å². The molecule has 2 aliphatic rings. The Morgan fingerprint density at radius 1 is 1.18 bits per heavy atom. The third-order valence-electron chi connectivity index (χ3n) is 7.56. The average molecular weight is 557 g/mol. The van der Waals surface area contributed by atoms with Gasteiger partial charge in [0.2, 0.25) is 0 Å². The lowest BCUT2D eigenvalue weighted by Crippen LogP contribution is -2.51. The number of rotatable bonds is 11. The number of thiophene rings is 1. The second-order valence-electron chi connectivity index (χ2n) is 10.6. The number of amides is 4. The molecule has 0 bridgehead atoms. The molecule has 0 aromatic carbocycles. The van der Waals surface area contributed by atoms with E-state index in [9.17, 15) is 14.4 Å². The second kappa shape index (κ2) is 13.4. The standard InChI is InChI=1S/C28H40N6O4S/c1-18-15-24(26(35)31-22-5-6-22)30-20(3)25(18)27(36)29-11-7-19(2)33-12-8-23(9-13-33)34(28(37)32-38-4)16-21-10-14-39-17-21/h10,14-15,17,19,22-23H,5-9,11-13,16H2,1-4H3,(H,29,36)(H,31,35)(H,32,37)/t19-/m1/s1. The number of likely N-dealkylation sites (tertiary alicyclic amines) is 1. The molecule has 2 aromatic heterocycles. The summed E-state index contributed by atoms with van der Waals surface area (Å²) in [5.41, 5.74) is 5.81. The highest BCUT2D eigenvalue weighted by molar-refractivity contribution is 7.07. The normalized spacial score (nSPS) is 16.9. The lowest BCUT2D eigenvalue weighted by molar-refractivity contribution is 0.0565. The first-order chi connectivity index (χ1) is 18.8. The van der Waals surface area contributed by atoms with Gasteiger partial charge >= 0.3 is 6.03 Å². The molecule has 39 heavy (non-hydrogen) atoms. The molecule has 2 fully saturated rings. The number of nitrogens with zero attached hydrogens (tertiary/aromatic N) is 3. The number of pyridine rings is 1. The Morgan fingerprint density at radius 2 is 1.92 bits per heavy atom. The molecular formula is C28H40N6O4S. The van der Waals surface area contributed by atoms with Gasteiger partial charge in [-0.15, -0.1) is 0 Å². The Morgan fingerprint density at radius 3 is 2.54 bits per heavy atom. The highest BCUT2D eigenvalue weighted by atomic mass is 32.1. The van der Waals surface area contributed by atoms with Crippen molar-refractivity contribution in [2.75, 3.05) is 26.7 Å². The smallest absolute Gasteiger partial charge is 0.341 e. The Hall–Kier alpha value is -3.02. The fraction of sp³-hybridized carbons (Fsp3) is 0.571. The van der Waals surface area contributed by atoms with Gasteiger partial charge in [0.05, 0.1) is 18.4 Å².